The lowest BCUT2D eigenvalue weighted by molar-refractivity contribution is -0.0576. The summed E-state index contributed by atoms with van der Waals surface area (Å²) in [6.45, 7) is 9.17. The Balaban J connectivity index is 2.57. The van der Waals surface area contributed by atoms with Gasteiger partial charge < -0.3 is 10.5 Å². The monoisotopic (exact) mass is 198 g/mol. The van der Waals surface area contributed by atoms with E-state index in [1.165, 1.54) is 0 Å². The highest BCUT2D eigenvalue weighted by Gasteiger charge is 2.28. The van der Waals surface area contributed by atoms with Crippen LogP contribution in [0.25, 0.3) is 0 Å². The number of nitrogens with zero attached hydrogens (tertiary/aromatic N) is 1. The smallest absolute Gasteiger partial charge is 0.0966 e. The van der Waals surface area contributed by atoms with Gasteiger partial charge in [-0.25, -0.2) is 0 Å². The van der Waals surface area contributed by atoms with E-state index in [0.29, 0.717) is 12.0 Å². The predicted octanol–water partition coefficient (Wildman–Crippen LogP) is 1.96. The van der Waals surface area contributed by atoms with Crippen LogP contribution in [-0.4, -0.2) is 24.1 Å². The second kappa shape index (κ2) is 4.30. The van der Waals surface area contributed by atoms with Crippen molar-refractivity contribution in [2.45, 2.75) is 52.2 Å². The van der Waals surface area contributed by atoms with E-state index in [1.54, 1.807) is 0 Å². The van der Waals surface area contributed by atoms with E-state index in [1.807, 2.05) is 0 Å². The molecule has 82 valence electrons. The highest BCUT2D eigenvalue weighted by molar-refractivity contribution is 5.82. The molecular weight excluding hydrogens is 176 g/mol. The van der Waals surface area contributed by atoms with Crippen molar-refractivity contribution < 1.29 is 4.74 Å². The van der Waals surface area contributed by atoms with Gasteiger partial charge in [0.25, 0.3) is 0 Å². The van der Waals surface area contributed by atoms with Crippen LogP contribution >= 0.6 is 0 Å². The summed E-state index contributed by atoms with van der Waals surface area (Å²) in [6.07, 6.45) is 1.97. The maximum Gasteiger partial charge on any atom is 0.0966 e. The van der Waals surface area contributed by atoms with Gasteiger partial charge in [0.15, 0.2) is 0 Å². The SMILES string of the molecule is CC(C)C(N)=NC1CCOC(C)(C)C1. The molecule has 1 saturated heterocycles. The van der Waals surface area contributed by atoms with Crippen LogP contribution in [0.1, 0.15) is 40.5 Å². The van der Waals surface area contributed by atoms with Crippen LogP contribution in [-0.2, 0) is 4.74 Å². The summed E-state index contributed by atoms with van der Waals surface area (Å²) in [5.74, 6) is 1.12. The maximum absolute atomic E-state index is 5.85. The summed E-state index contributed by atoms with van der Waals surface area (Å²) in [5.41, 5.74) is 5.81. The molecule has 1 aliphatic heterocycles. The molecule has 0 saturated carbocycles. The Morgan fingerprint density at radius 2 is 2.14 bits per heavy atom. The minimum atomic E-state index is -0.0380. The van der Waals surface area contributed by atoms with Gasteiger partial charge in [0.1, 0.15) is 0 Å². The first-order valence-electron chi connectivity index (χ1n) is 5.38. The van der Waals surface area contributed by atoms with Crippen molar-refractivity contribution in [1.82, 2.24) is 0 Å². The molecule has 3 nitrogen and oxygen atoms in total. The van der Waals surface area contributed by atoms with E-state index >= 15 is 0 Å². The molecule has 1 fully saturated rings. The molecule has 0 aromatic rings. The number of aliphatic imine (C=N–C) groups is 1. The van der Waals surface area contributed by atoms with Gasteiger partial charge in [0.05, 0.1) is 17.5 Å². The Labute approximate surface area is 86.7 Å². The normalized spacial score (nSPS) is 28.1. The molecule has 0 aromatic carbocycles. The van der Waals surface area contributed by atoms with Crippen molar-refractivity contribution in [3.8, 4) is 0 Å². The number of hydrogen-bond acceptors (Lipinski definition) is 2. The van der Waals surface area contributed by atoms with Crippen LogP contribution in [0.15, 0.2) is 4.99 Å². The van der Waals surface area contributed by atoms with E-state index in [9.17, 15) is 0 Å². The molecule has 1 rings (SSSR count). The third kappa shape index (κ3) is 3.29. The molecule has 0 amide bonds. The van der Waals surface area contributed by atoms with Crippen LogP contribution in [0.5, 0.6) is 0 Å². The van der Waals surface area contributed by atoms with E-state index < -0.39 is 0 Å². The largest absolute Gasteiger partial charge is 0.387 e. The first-order chi connectivity index (χ1) is 6.41. The number of rotatable bonds is 2. The zero-order valence-corrected chi connectivity index (χ0v) is 9.71. The maximum atomic E-state index is 5.85. The molecule has 14 heavy (non-hydrogen) atoms. The molecule has 0 bridgehead atoms. The topological polar surface area (TPSA) is 47.6 Å². The number of hydrogen-bond donors (Lipinski definition) is 1. The van der Waals surface area contributed by atoms with Gasteiger partial charge in [0.2, 0.25) is 0 Å². The van der Waals surface area contributed by atoms with Crippen LogP contribution in [0.3, 0.4) is 0 Å². The van der Waals surface area contributed by atoms with Crippen molar-refractivity contribution in [2.75, 3.05) is 6.61 Å². The summed E-state index contributed by atoms with van der Waals surface area (Å²) in [4.78, 5) is 4.55. The average Bonchev–Trinajstić information content (AvgIpc) is 2.01. The Morgan fingerprint density at radius 1 is 1.50 bits per heavy atom. The van der Waals surface area contributed by atoms with Crippen molar-refractivity contribution in [3.63, 3.8) is 0 Å². The molecule has 0 aliphatic carbocycles. The first-order valence-corrected chi connectivity index (χ1v) is 5.38. The highest BCUT2D eigenvalue weighted by Crippen LogP contribution is 2.26. The molecule has 1 heterocycles. The van der Waals surface area contributed by atoms with Crippen molar-refractivity contribution in [2.24, 2.45) is 16.6 Å². The molecule has 1 unspecified atom stereocenters. The molecule has 0 radical (unpaired) electrons. The Hall–Kier alpha value is -0.570. The lowest BCUT2D eigenvalue weighted by Gasteiger charge is -2.34. The van der Waals surface area contributed by atoms with Crippen LogP contribution in [0.4, 0.5) is 0 Å². The second-order valence-corrected chi connectivity index (χ2v) is 4.96. The third-order valence-corrected chi connectivity index (χ3v) is 2.59. The van der Waals surface area contributed by atoms with Gasteiger partial charge in [-0.15, -0.1) is 0 Å². The number of nitrogens with two attached hydrogens (primary N) is 1. The van der Waals surface area contributed by atoms with Gasteiger partial charge in [-0.2, -0.15) is 0 Å². The highest BCUT2D eigenvalue weighted by atomic mass is 16.5. The second-order valence-electron chi connectivity index (χ2n) is 4.96. The quantitative estimate of drug-likeness (QED) is 0.544. The van der Waals surface area contributed by atoms with Crippen molar-refractivity contribution >= 4 is 5.84 Å². The van der Waals surface area contributed by atoms with Gasteiger partial charge in [0, 0.05) is 12.5 Å². The number of amidine groups is 1. The van der Waals surface area contributed by atoms with Gasteiger partial charge in [-0.3, -0.25) is 4.99 Å². The minimum absolute atomic E-state index is 0.0380. The zero-order valence-electron chi connectivity index (χ0n) is 9.71. The van der Waals surface area contributed by atoms with Gasteiger partial charge in [-0.1, -0.05) is 13.8 Å². The van der Waals surface area contributed by atoms with Crippen molar-refractivity contribution in [3.05, 3.63) is 0 Å². The van der Waals surface area contributed by atoms with E-state index in [-0.39, 0.29) is 5.60 Å². The van der Waals surface area contributed by atoms with Gasteiger partial charge >= 0.3 is 0 Å². The number of ether oxygens (including phenoxy) is 1. The molecular formula is C11H22N2O. The molecule has 3 heteroatoms. The average molecular weight is 198 g/mol. The molecule has 0 spiro atoms. The molecule has 0 aromatic heterocycles. The Morgan fingerprint density at radius 3 is 2.64 bits per heavy atom. The summed E-state index contributed by atoms with van der Waals surface area (Å²) < 4.78 is 5.63. The zero-order chi connectivity index (χ0) is 10.8. The van der Waals surface area contributed by atoms with Crippen LogP contribution in [0.2, 0.25) is 0 Å². The minimum Gasteiger partial charge on any atom is -0.387 e. The Kier molecular flexibility index (Phi) is 3.53. The summed E-state index contributed by atoms with van der Waals surface area (Å²) in [6, 6.07) is 0.348. The fourth-order valence-electron chi connectivity index (χ4n) is 1.67. The lowest BCUT2D eigenvalue weighted by Crippen LogP contribution is -2.37. The summed E-state index contributed by atoms with van der Waals surface area (Å²) >= 11 is 0. The Bertz CT molecular complexity index is 221. The summed E-state index contributed by atoms with van der Waals surface area (Å²) in [5, 5.41) is 0. The van der Waals surface area contributed by atoms with Crippen molar-refractivity contribution in [1.29, 1.82) is 0 Å². The van der Waals surface area contributed by atoms with E-state index in [2.05, 4.69) is 32.7 Å². The van der Waals surface area contributed by atoms with Crippen LogP contribution in [0, 0.1) is 5.92 Å². The van der Waals surface area contributed by atoms with E-state index in [4.69, 9.17) is 10.5 Å². The fraction of sp³-hybridized carbons (Fsp3) is 0.909. The third-order valence-electron chi connectivity index (χ3n) is 2.59. The molecule has 1 aliphatic rings. The molecule has 1 atom stereocenters. The fourth-order valence-corrected chi connectivity index (χ4v) is 1.67. The van der Waals surface area contributed by atoms with E-state index in [0.717, 1.165) is 25.3 Å². The lowest BCUT2D eigenvalue weighted by atomic mass is 9.94. The summed E-state index contributed by atoms with van der Waals surface area (Å²) in [7, 11) is 0. The first kappa shape index (κ1) is 11.5. The van der Waals surface area contributed by atoms with Gasteiger partial charge in [-0.05, 0) is 26.7 Å². The standard InChI is InChI=1S/C11H22N2O/c1-8(2)10(12)13-9-5-6-14-11(3,4)7-9/h8-9H,5-7H2,1-4H3,(H2,12,13). The molecule has 2 N–H and O–H groups in total. The van der Waals surface area contributed by atoms with Crippen LogP contribution < -0.4 is 5.73 Å². The predicted molar refractivity (Wildman–Crippen MR) is 59.5 cm³/mol.